The van der Waals surface area contributed by atoms with Crippen molar-refractivity contribution >= 4 is 32.5 Å². The van der Waals surface area contributed by atoms with E-state index in [0.29, 0.717) is 0 Å². The quantitative estimate of drug-likeness (QED) is 0.596. The van der Waals surface area contributed by atoms with Crippen molar-refractivity contribution in [3.63, 3.8) is 0 Å². The Balaban J connectivity index is 2.70. The Morgan fingerprint density at radius 2 is 1.93 bits per heavy atom. The number of pyridine rings is 1. The summed E-state index contributed by atoms with van der Waals surface area (Å²) in [5, 5.41) is 2.70. The molecule has 2 heterocycles. The minimum absolute atomic E-state index is 0.129. The van der Waals surface area contributed by atoms with Crippen LogP contribution in [0, 0.1) is 0 Å². The zero-order chi connectivity index (χ0) is 9.54. The van der Waals surface area contributed by atoms with Gasteiger partial charge in [0.2, 0.25) is 5.43 Å². The molecule has 0 saturated carbocycles. The maximum Gasteiger partial charge on any atom is 0.207 e. The van der Waals surface area contributed by atoms with E-state index in [1.54, 1.807) is 0 Å². The molecule has 3 rings (SSSR count). The summed E-state index contributed by atoms with van der Waals surface area (Å²) in [4.78, 5) is 15.2. The fourth-order valence-electron chi connectivity index (χ4n) is 1.64. The second-order valence-electron chi connectivity index (χ2n) is 3.16. The lowest BCUT2D eigenvalue weighted by atomic mass is 10.2. The number of nitrogens with one attached hydrogen (secondary N) is 1. The SMILES string of the molecule is O=c1c2ccccc2[nH]c2ccsc12. The third-order valence-electron chi connectivity index (χ3n) is 2.31. The number of hydrogen-bond donors (Lipinski definition) is 1. The molecule has 1 aromatic carbocycles. The predicted molar refractivity (Wildman–Crippen MR) is 60.0 cm³/mol. The van der Waals surface area contributed by atoms with Crippen LogP contribution < -0.4 is 5.43 Å². The van der Waals surface area contributed by atoms with Gasteiger partial charge in [0.1, 0.15) is 0 Å². The molecule has 2 aromatic heterocycles. The summed E-state index contributed by atoms with van der Waals surface area (Å²) in [6, 6.07) is 9.53. The molecule has 14 heavy (non-hydrogen) atoms. The van der Waals surface area contributed by atoms with Crippen molar-refractivity contribution in [1.82, 2.24) is 4.98 Å². The van der Waals surface area contributed by atoms with E-state index >= 15 is 0 Å². The molecule has 0 atom stereocenters. The standard InChI is InChI=1S/C11H7NOS/c13-10-7-3-1-2-4-8(7)12-9-5-6-14-11(9)10/h1-6H,(H,12,13). The number of aromatic nitrogens is 1. The highest BCUT2D eigenvalue weighted by Crippen LogP contribution is 2.18. The van der Waals surface area contributed by atoms with Crippen LogP contribution in [0.15, 0.2) is 40.5 Å². The number of H-pyrrole nitrogens is 1. The van der Waals surface area contributed by atoms with E-state index in [4.69, 9.17) is 0 Å². The van der Waals surface area contributed by atoms with E-state index in [0.717, 1.165) is 21.1 Å². The van der Waals surface area contributed by atoms with E-state index in [1.807, 2.05) is 35.7 Å². The first-order chi connectivity index (χ1) is 6.86. The molecule has 0 saturated heterocycles. The monoisotopic (exact) mass is 201 g/mol. The third kappa shape index (κ3) is 0.930. The molecule has 3 aromatic rings. The van der Waals surface area contributed by atoms with Crippen LogP contribution in [0.25, 0.3) is 21.1 Å². The fourth-order valence-corrected chi connectivity index (χ4v) is 2.44. The number of para-hydroxylation sites is 1. The van der Waals surface area contributed by atoms with Crippen molar-refractivity contribution in [1.29, 1.82) is 0 Å². The molecule has 0 unspecified atom stereocenters. The lowest BCUT2D eigenvalue weighted by Crippen LogP contribution is -2.00. The summed E-state index contributed by atoms with van der Waals surface area (Å²) in [5.74, 6) is 0. The van der Waals surface area contributed by atoms with Crippen molar-refractivity contribution in [3.05, 3.63) is 45.9 Å². The van der Waals surface area contributed by atoms with E-state index < -0.39 is 0 Å². The highest BCUT2D eigenvalue weighted by Gasteiger charge is 2.04. The molecule has 1 N–H and O–H groups in total. The van der Waals surface area contributed by atoms with Crippen molar-refractivity contribution in [2.45, 2.75) is 0 Å². The lowest BCUT2D eigenvalue weighted by Gasteiger charge is -1.96. The molecule has 68 valence electrons. The minimum Gasteiger partial charge on any atom is -0.354 e. The van der Waals surface area contributed by atoms with Crippen LogP contribution in [0.3, 0.4) is 0 Å². The fraction of sp³-hybridized carbons (Fsp3) is 0. The van der Waals surface area contributed by atoms with Crippen LogP contribution in [0.1, 0.15) is 0 Å². The summed E-state index contributed by atoms with van der Waals surface area (Å²) in [6.45, 7) is 0. The summed E-state index contributed by atoms with van der Waals surface area (Å²) >= 11 is 1.49. The smallest absolute Gasteiger partial charge is 0.207 e. The van der Waals surface area contributed by atoms with Gasteiger partial charge in [-0.05, 0) is 23.6 Å². The first kappa shape index (κ1) is 7.76. The number of aromatic amines is 1. The Morgan fingerprint density at radius 1 is 1.07 bits per heavy atom. The molecule has 3 heteroatoms. The van der Waals surface area contributed by atoms with Crippen LogP contribution in [0.5, 0.6) is 0 Å². The maximum absolute atomic E-state index is 11.9. The van der Waals surface area contributed by atoms with Crippen LogP contribution in [0.2, 0.25) is 0 Å². The highest BCUT2D eigenvalue weighted by atomic mass is 32.1. The predicted octanol–water partition coefficient (Wildman–Crippen LogP) is 2.74. The Hall–Kier alpha value is -1.61. The number of rotatable bonds is 0. The van der Waals surface area contributed by atoms with Gasteiger partial charge in [-0.15, -0.1) is 11.3 Å². The number of fused-ring (bicyclic) bond motifs is 2. The van der Waals surface area contributed by atoms with E-state index in [1.165, 1.54) is 11.3 Å². The van der Waals surface area contributed by atoms with Crippen molar-refractivity contribution in [3.8, 4) is 0 Å². The average molecular weight is 201 g/mol. The van der Waals surface area contributed by atoms with Gasteiger partial charge in [0.25, 0.3) is 0 Å². The van der Waals surface area contributed by atoms with Crippen LogP contribution in [-0.2, 0) is 0 Å². The molecular weight excluding hydrogens is 194 g/mol. The zero-order valence-corrected chi connectivity index (χ0v) is 8.10. The first-order valence-corrected chi connectivity index (χ1v) is 5.22. The van der Waals surface area contributed by atoms with Gasteiger partial charge in [-0.25, -0.2) is 0 Å². The van der Waals surface area contributed by atoms with Gasteiger partial charge >= 0.3 is 0 Å². The average Bonchev–Trinajstić information content (AvgIpc) is 2.66. The highest BCUT2D eigenvalue weighted by molar-refractivity contribution is 7.17. The number of thiophene rings is 1. The largest absolute Gasteiger partial charge is 0.354 e. The van der Waals surface area contributed by atoms with Gasteiger partial charge in [0, 0.05) is 10.9 Å². The molecule has 0 aliphatic carbocycles. The van der Waals surface area contributed by atoms with Gasteiger partial charge in [-0.3, -0.25) is 4.79 Å². The van der Waals surface area contributed by atoms with Gasteiger partial charge in [0.15, 0.2) is 0 Å². The molecule has 0 radical (unpaired) electrons. The molecule has 0 spiro atoms. The Morgan fingerprint density at radius 3 is 2.86 bits per heavy atom. The first-order valence-electron chi connectivity index (χ1n) is 4.34. The van der Waals surface area contributed by atoms with E-state index in [-0.39, 0.29) is 5.43 Å². The second kappa shape index (κ2) is 2.69. The number of hydrogen-bond acceptors (Lipinski definition) is 2. The topological polar surface area (TPSA) is 32.9 Å². The van der Waals surface area contributed by atoms with E-state index in [9.17, 15) is 4.79 Å². The Kier molecular flexibility index (Phi) is 1.49. The van der Waals surface area contributed by atoms with Gasteiger partial charge in [0.05, 0.1) is 10.2 Å². The van der Waals surface area contributed by atoms with Crippen molar-refractivity contribution < 1.29 is 0 Å². The van der Waals surface area contributed by atoms with Crippen molar-refractivity contribution in [2.24, 2.45) is 0 Å². The summed E-state index contributed by atoms with van der Waals surface area (Å²) in [7, 11) is 0. The van der Waals surface area contributed by atoms with Crippen molar-refractivity contribution in [2.75, 3.05) is 0 Å². The van der Waals surface area contributed by atoms with Crippen LogP contribution >= 0.6 is 11.3 Å². The summed E-state index contributed by atoms with van der Waals surface area (Å²) < 4.78 is 0.809. The molecule has 0 aliphatic rings. The molecule has 2 nitrogen and oxygen atoms in total. The Bertz CT molecular complexity index is 665. The second-order valence-corrected chi connectivity index (χ2v) is 4.08. The zero-order valence-electron chi connectivity index (χ0n) is 7.28. The molecule has 0 fully saturated rings. The molecule has 0 aliphatic heterocycles. The van der Waals surface area contributed by atoms with E-state index in [2.05, 4.69) is 4.98 Å². The van der Waals surface area contributed by atoms with Gasteiger partial charge in [-0.2, -0.15) is 0 Å². The molecular formula is C11H7NOS. The minimum atomic E-state index is 0.129. The lowest BCUT2D eigenvalue weighted by molar-refractivity contribution is 1.50. The Labute approximate surface area is 83.8 Å². The summed E-state index contributed by atoms with van der Waals surface area (Å²) in [5.41, 5.74) is 1.96. The van der Waals surface area contributed by atoms with Crippen LogP contribution in [-0.4, -0.2) is 4.98 Å². The maximum atomic E-state index is 11.9. The molecule has 0 amide bonds. The molecule has 0 bridgehead atoms. The van der Waals surface area contributed by atoms with Gasteiger partial charge in [-0.1, -0.05) is 12.1 Å². The summed E-state index contributed by atoms with van der Waals surface area (Å²) in [6.07, 6.45) is 0. The number of benzene rings is 1. The van der Waals surface area contributed by atoms with Crippen LogP contribution in [0.4, 0.5) is 0 Å². The third-order valence-corrected chi connectivity index (χ3v) is 3.23. The van der Waals surface area contributed by atoms with Gasteiger partial charge < -0.3 is 4.98 Å². The normalized spacial score (nSPS) is 11.1.